The number of nitrogen functional groups attached to an aromatic ring is 1. The molecular formula is C11H10N4O. The number of ketones is 1. The Balaban J connectivity index is 2.15. The van der Waals surface area contributed by atoms with Gasteiger partial charge in [0.05, 0.1) is 0 Å². The third-order valence-corrected chi connectivity index (χ3v) is 2.03. The minimum absolute atomic E-state index is 0.101. The predicted molar refractivity (Wildman–Crippen MR) is 60.5 cm³/mol. The molecule has 0 atom stereocenters. The summed E-state index contributed by atoms with van der Waals surface area (Å²) in [5.41, 5.74) is 6.11. The lowest BCUT2D eigenvalue weighted by atomic mass is 10.1. The number of aromatic nitrogens is 3. The minimum Gasteiger partial charge on any atom is -0.368 e. The van der Waals surface area contributed by atoms with E-state index >= 15 is 0 Å². The van der Waals surface area contributed by atoms with Crippen LogP contribution in [0.2, 0.25) is 0 Å². The molecule has 2 rings (SSSR count). The average molecular weight is 214 g/mol. The molecule has 0 unspecified atom stereocenters. The first-order chi connectivity index (χ1) is 7.77. The summed E-state index contributed by atoms with van der Waals surface area (Å²) in [5, 5.41) is 3.82. The molecule has 0 saturated heterocycles. The highest BCUT2D eigenvalue weighted by molar-refractivity contribution is 6.06. The van der Waals surface area contributed by atoms with E-state index in [1.54, 1.807) is 12.1 Å². The van der Waals surface area contributed by atoms with Crippen LogP contribution in [0.15, 0.2) is 42.7 Å². The van der Waals surface area contributed by atoms with Crippen molar-refractivity contribution in [3.63, 3.8) is 0 Å². The van der Waals surface area contributed by atoms with Gasteiger partial charge in [-0.25, -0.2) is 4.68 Å². The maximum Gasteiger partial charge on any atom is 0.222 e. The Morgan fingerprint density at radius 3 is 2.69 bits per heavy atom. The second kappa shape index (κ2) is 4.39. The van der Waals surface area contributed by atoms with E-state index in [1.807, 2.05) is 18.2 Å². The maximum absolute atomic E-state index is 11.7. The summed E-state index contributed by atoms with van der Waals surface area (Å²) < 4.78 is 1.33. The molecule has 2 N–H and O–H groups in total. The van der Waals surface area contributed by atoms with Crippen molar-refractivity contribution in [3.05, 3.63) is 48.3 Å². The topological polar surface area (TPSA) is 73.8 Å². The van der Waals surface area contributed by atoms with Gasteiger partial charge in [0.15, 0.2) is 5.78 Å². The quantitative estimate of drug-likeness (QED) is 0.615. The van der Waals surface area contributed by atoms with Crippen molar-refractivity contribution < 1.29 is 4.79 Å². The van der Waals surface area contributed by atoms with Gasteiger partial charge in [0, 0.05) is 17.8 Å². The predicted octanol–water partition coefficient (Wildman–Crippen LogP) is 1.21. The molecule has 5 heteroatoms. The molecule has 1 aromatic heterocycles. The largest absolute Gasteiger partial charge is 0.368 e. The third-order valence-electron chi connectivity index (χ3n) is 2.03. The van der Waals surface area contributed by atoms with E-state index in [0.717, 1.165) is 0 Å². The third kappa shape index (κ3) is 2.14. The van der Waals surface area contributed by atoms with Crippen LogP contribution < -0.4 is 5.73 Å². The van der Waals surface area contributed by atoms with Gasteiger partial charge in [-0.3, -0.25) is 4.79 Å². The molecule has 1 aromatic carbocycles. The number of carbonyl (C=O) groups is 1. The molecule has 0 fully saturated rings. The van der Waals surface area contributed by atoms with Crippen molar-refractivity contribution in [2.45, 2.75) is 0 Å². The van der Waals surface area contributed by atoms with Crippen molar-refractivity contribution in [3.8, 4) is 0 Å². The number of nitrogens with two attached hydrogens (primary N) is 1. The number of rotatable bonds is 3. The normalized spacial score (nSPS) is 10.8. The molecule has 0 aliphatic carbocycles. The van der Waals surface area contributed by atoms with Crippen molar-refractivity contribution in [2.24, 2.45) is 0 Å². The van der Waals surface area contributed by atoms with Gasteiger partial charge >= 0.3 is 0 Å². The summed E-state index contributed by atoms with van der Waals surface area (Å²) >= 11 is 0. The van der Waals surface area contributed by atoms with Crippen LogP contribution in [0.3, 0.4) is 0 Å². The number of hydrogen-bond donors (Lipinski definition) is 1. The molecule has 0 radical (unpaired) electrons. The van der Waals surface area contributed by atoms with Crippen LogP contribution in [0.5, 0.6) is 0 Å². The van der Waals surface area contributed by atoms with Crippen LogP contribution >= 0.6 is 0 Å². The lowest BCUT2D eigenvalue weighted by Crippen LogP contribution is -1.99. The zero-order valence-corrected chi connectivity index (χ0v) is 8.45. The number of nitrogens with zero attached hydrogens (tertiary/aromatic N) is 3. The lowest BCUT2D eigenvalue weighted by molar-refractivity contribution is 0.104. The first kappa shape index (κ1) is 10.1. The average Bonchev–Trinajstić information content (AvgIpc) is 2.73. The van der Waals surface area contributed by atoms with E-state index in [0.29, 0.717) is 5.56 Å². The molecule has 5 nitrogen and oxygen atoms in total. The summed E-state index contributed by atoms with van der Waals surface area (Å²) in [6.45, 7) is 0. The fourth-order valence-electron chi connectivity index (χ4n) is 1.21. The van der Waals surface area contributed by atoms with Crippen LogP contribution in [-0.2, 0) is 0 Å². The van der Waals surface area contributed by atoms with Gasteiger partial charge in [-0.15, -0.1) is 0 Å². The van der Waals surface area contributed by atoms with E-state index in [-0.39, 0.29) is 11.7 Å². The molecular weight excluding hydrogens is 204 g/mol. The van der Waals surface area contributed by atoms with E-state index < -0.39 is 0 Å². The van der Waals surface area contributed by atoms with E-state index in [1.165, 1.54) is 23.3 Å². The molecule has 80 valence electrons. The standard InChI is InChI=1S/C11H10N4O/c12-11-13-8-14-15(11)7-6-10(16)9-4-2-1-3-5-9/h1-8H,(H2,12,13,14)/b7-6+. The van der Waals surface area contributed by atoms with Crippen molar-refractivity contribution in [1.29, 1.82) is 0 Å². The highest BCUT2D eigenvalue weighted by Crippen LogP contribution is 2.02. The van der Waals surface area contributed by atoms with E-state index in [2.05, 4.69) is 10.1 Å². The Morgan fingerprint density at radius 2 is 2.06 bits per heavy atom. The monoisotopic (exact) mass is 214 g/mol. The molecule has 0 bridgehead atoms. The second-order valence-electron chi connectivity index (χ2n) is 3.11. The summed E-state index contributed by atoms with van der Waals surface area (Å²) in [4.78, 5) is 15.4. The molecule has 0 saturated carbocycles. The van der Waals surface area contributed by atoms with Crippen molar-refractivity contribution in [1.82, 2.24) is 14.8 Å². The molecule has 2 aromatic rings. The Labute approximate surface area is 92.2 Å². The fraction of sp³-hybridized carbons (Fsp3) is 0. The van der Waals surface area contributed by atoms with Crippen LogP contribution in [0.1, 0.15) is 10.4 Å². The van der Waals surface area contributed by atoms with Crippen molar-refractivity contribution in [2.75, 3.05) is 5.73 Å². The Hall–Kier alpha value is -2.43. The minimum atomic E-state index is -0.101. The molecule has 0 aliphatic rings. The van der Waals surface area contributed by atoms with E-state index in [9.17, 15) is 4.79 Å². The number of anilines is 1. The lowest BCUT2D eigenvalue weighted by Gasteiger charge is -1.95. The molecule has 16 heavy (non-hydrogen) atoms. The van der Waals surface area contributed by atoms with Gasteiger partial charge in [0.2, 0.25) is 5.95 Å². The molecule has 0 amide bonds. The van der Waals surface area contributed by atoms with Crippen LogP contribution in [0, 0.1) is 0 Å². The Morgan fingerprint density at radius 1 is 1.31 bits per heavy atom. The maximum atomic E-state index is 11.7. The van der Waals surface area contributed by atoms with Crippen LogP contribution in [0.4, 0.5) is 5.95 Å². The summed E-state index contributed by atoms with van der Waals surface area (Å²) in [7, 11) is 0. The van der Waals surface area contributed by atoms with Gasteiger partial charge in [-0.05, 0) is 0 Å². The number of hydrogen-bond acceptors (Lipinski definition) is 4. The Bertz CT molecular complexity index is 516. The number of allylic oxidation sites excluding steroid dienone is 1. The zero-order valence-electron chi connectivity index (χ0n) is 8.45. The van der Waals surface area contributed by atoms with Gasteiger partial charge in [0.25, 0.3) is 0 Å². The molecule has 0 spiro atoms. The first-order valence-corrected chi connectivity index (χ1v) is 4.70. The van der Waals surface area contributed by atoms with Gasteiger partial charge in [-0.1, -0.05) is 30.3 Å². The zero-order chi connectivity index (χ0) is 11.4. The smallest absolute Gasteiger partial charge is 0.222 e. The second-order valence-corrected chi connectivity index (χ2v) is 3.11. The van der Waals surface area contributed by atoms with Crippen LogP contribution in [0.25, 0.3) is 6.20 Å². The molecule has 1 heterocycles. The van der Waals surface area contributed by atoms with E-state index in [4.69, 9.17) is 5.73 Å². The number of benzene rings is 1. The molecule has 0 aliphatic heterocycles. The number of carbonyl (C=O) groups excluding carboxylic acids is 1. The summed E-state index contributed by atoms with van der Waals surface area (Å²) in [6.07, 6.45) is 4.21. The Kier molecular flexibility index (Phi) is 2.77. The highest BCUT2D eigenvalue weighted by Gasteiger charge is 2.00. The van der Waals surface area contributed by atoms with Gasteiger partial charge in [-0.2, -0.15) is 10.1 Å². The fourth-order valence-corrected chi connectivity index (χ4v) is 1.21. The van der Waals surface area contributed by atoms with Gasteiger partial charge in [0.1, 0.15) is 6.33 Å². The first-order valence-electron chi connectivity index (χ1n) is 4.70. The van der Waals surface area contributed by atoms with Crippen molar-refractivity contribution >= 4 is 17.9 Å². The van der Waals surface area contributed by atoms with Crippen LogP contribution in [-0.4, -0.2) is 20.5 Å². The summed E-state index contributed by atoms with van der Waals surface area (Å²) in [5.74, 6) is 0.146. The summed E-state index contributed by atoms with van der Waals surface area (Å²) in [6, 6.07) is 8.97. The SMILES string of the molecule is Nc1ncnn1/C=C/C(=O)c1ccccc1. The van der Waals surface area contributed by atoms with Gasteiger partial charge < -0.3 is 5.73 Å². The highest BCUT2D eigenvalue weighted by atomic mass is 16.1.